The first kappa shape index (κ1) is 14.0. The smallest absolute Gasteiger partial charge is 0.0833 e. The molecular weight excluding hydrogens is 198 g/mol. The Morgan fingerprint density at radius 2 is 1.75 bits per heavy atom. The maximum absolute atomic E-state index is 5.97. The summed E-state index contributed by atoms with van der Waals surface area (Å²) < 4.78 is 5.97. The normalized spacial score (nSPS) is 24.8. The van der Waals surface area contributed by atoms with Crippen LogP contribution in [0.2, 0.25) is 0 Å². The largest absolute Gasteiger partial charge is 0.377 e. The number of likely N-dealkylation sites (N-methyl/N-ethyl adjacent to an activating group) is 1. The monoisotopic (exact) mass is 227 g/mol. The molecule has 0 amide bonds. The molecule has 2 heteroatoms. The second kappa shape index (κ2) is 6.61. The third-order valence-corrected chi connectivity index (χ3v) is 4.45. The summed E-state index contributed by atoms with van der Waals surface area (Å²) in [6.07, 6.45) is 9.06. The molecule has 0 bridgehead atoms. The summed E-state index contributed by atoms with van der Waals surface area (Å²) in [5.74, 6) is 0.683. The first-order chi connectivity index (χ1) is 7.70. The van der Waals surface area contributed by atoms with E-state index in [1.54, 1.807) is 0 Å². The Morgan fingerprint density at radius 3 is 2.12 bits per heavy atom. The zero-order valence-electron chi connectivity index (χ0n) is 11.5. The third-order valence-electron chi connectivity index (χ3n) is 4.45. The van der Waals surface area contributed by atoms with E-state index in [0.29, 0.717) is 12.0 Å². The van der Waals surface area contributed by atoms with Crippen molar-refractivity contribution in [2.45, 2.75) is 70.4 Å². The van der Waals surface area contributed by atoms with Crippen LogP contribution < -0.4 is 5.32 Å². The van der Waals surface area contributed by atoms with E-state index < -0.39 is 0 Å². The van der Waals surface area contributed by atoms with Gasteiger partial charge in [0.25, 0.3) is 0 Å². The van der Waals surface area contributed by atoms with Gasteiger partial charge in [-0.15, -0.1) is 0 Å². The fourth-order valence-electron chi connectivity index (χ4n) is 3.27. The van der Waals surface area contributed by atoms with Crippen molar-refractivity contribution in [3.8, 4) is 0 Å². The van der Waals surface area contributed by atoms with Gasteiger partial charge < -0.3 is 10.1 Å². The van der Waals surface area contributed by atoms with E-state index in [4.69, 9.17) is 4.74 Å². The lowest BCUT2D eigenvalue weighted by atomic mass is 9.79. The minimum absolute atomic E-state index is 0.0840. The third kappa shape index (κ3) is 2.98. The van der Waals surface area contributed by atoms with Crippen LogP contribution in [0.4, 0.5) is 0 Å². The zero-order valence-corrected chi connectivity index (χ0v) is 11.5. The van der Waals surface area contributed by atoms with Crippen molar-refractivity contribution < 1.29 is 4.74 Å². The topological polar surface area (TPSA) is 21.3 Å². The summed E-state index contributed by atoms with van der Waals surface area (Å²) in [6, 6.07) is 0.501. The van der Waals surface area contributed by atoms with Gasteiger partial charge in [-0.1, -0.05) is 46.0 Å². The Labute approximate surface area is 101 Å². The van der Waals surface area contributed by atoms with Crippen LogP contribution in [0.1, 0.15) is 58.8 Å². The Balaban J connectivity index is 2.81. The highest BCUT2D eigenvalue weighted by molar-refractivity contribution is 4.96. The summed E-state index contributed by atoms with van der Waals surface area (Å²) in [6.45, 7) is 4.61. The lowest BCUT2D eigenvalue weighted by molar-refractivity contribution is -0.0646. The van der Waals surface area contributed by atoms with Gasteiger partial charge in [0.2, 0.25) is 0 Å². The van der Waals surface area contributed by atoms with Crippen LogP contribution in [0.5, 0.6) is 0 Å². The highest BCUT2D eigenvalue weighted by Crippen LogP contribution is 2.36. The van der Waals surface area contributed by atoms with Crippen molar-refractivity contribution in [3.63, 3.8) is 0 Å². The molecule has 0 aliphatic heterocycles. The van der Waals surface area contributed by atoms with Crippen molar-refractivity contribution in [2.24, 2.45) is 5.92 Å². The van der Waals surface area contributed by atoms with Gasteiger partial charge in [-0.3, -0.25) is 0 Å². The molecule has 2 nitrogen and oxygen atoms in total. The van der Waals surface area contributed by atoms with Crippen LogP contribution in [0, 0.1) is 5.92 Å². The molecule has 2 unspecified atom stereocenters. The van der Waals surface area contributed by atoms with Gasteiger partial charge in [0.1, 0.15) is 0 Å². The van der Waals surface area contributed by atoms with Gasteiger partial charge in [-0.05, 0) is 25.8 Å². The highest BCUT2D eigenvalue weighted by atomic mass is 16.5. The number of rotatable bonds is 5. The van der Waals surface area contributed by atoms with E-state index in [1.165, 1.54) is 44.9 Å². The molecule has 1 fully saturated rings. The Bertz CT molecular complexity index is 185. The molecule has 0 spiro atoms. The van der Waals surface area contributed by atoms with E-state index in [2.05, 4.69) is 26.2 Å². The quantitative estimate of drug-likeness (QED) is 0.727. The van der Waals surface area contributed by atoms with Crippen LogP contribution in [0.15, 0.2) is 0 Å². The average molecular weight is 227 g/mol. The second-order valence-corrected chi connectivity index (χ2v) is 5.33. The summed E-state index contributed by atoms with van der Waals surface area (Å²) in [7, 11) is 3.99. The lowest BCUT2D eigenvalue weighted by Gasteiger charge is -2.42. The number of hydrogen-bond donors (Lipinski definition) is 1. The fraction of sp³-hybridized carbons (Fsp3) is 1.00. The zero-order chi connectivity index (χ0) is 12.0. The molecule has 1 aliphatic rings. The summed E-state index contributed by atoms with van der Waals surface area (Å²) in [5.41, 5.74) is 0.0840. The van der Waals surface area contributed by atoms with Crippen molar-refractivity contribution >= 4 is 0 Å². The number of ether oxygens (including phenoxy) is 1. The van der Waals surface area contributed by atoms with E-state index in [9.17, 15) is 0 Å². The predicted octanol–water partition coefficient (Wildman–Crippen LogP) is 3.36. The molecule has 0 heterocycles. The molecule has 0 aromatic rings. The van der Waals surface area contributed by atoms with Gasteiger partial charge in [-0.25, -0.2) is 0 Å². The van der Waals surface area contributed by atoms with Crippen LogP contribution in [-0.4, -0.2) is 25.8 Å². The van der Waals surface area contributed by atoms with Gasteiger partial charge in [0, 0.05) is 13.2 Å². The Morgan fingerprint density at radius 1 is 1.19 bits per heavy atom. The van der Waals surface area contributed by atoms with Gasteiger partial charge in [0.15, 0.2) is 0 Å². The number of methoxy groups -OCH3 is 1. The molecule has 0 saturated heterocycles. The average Bonchev–Trinajstić information content (AvgIpc) is 2.56. The molecule has 0 aromatic heterocycles. The number of nitrogens with one attached hydrogen (secondary N) is 1. The Hall–Kier alpha value is -0.0800. The fourth-order valence-corrected chi connectivity index (χ4v) is 3.27. The molecule has 1 aliphatic carbocycles. The van der Waals surface area contributed by atoms with Crippen molar-refractivity contribution in [2.75, 3.05) is 14.2 Å². The minimum atomic E-state index is 0.0840. The molecular formula is C14H29NO. The van der Waals surface area contributed by atoms with Crippen LogP contribution in [0.3, 0.4) is 0 Å². The van der Waals surface area contributed by atoms with Crippen LogP contribution in [0.25, 0.3) is 0 Å². The minimum Gasteiger partial charge on any atom is -0.377 e. The number of hydrogen-bond acceptors (Lipinski definition) is 2. The van der Waals surface area contributed by atoms with Crippen molar-refractivity contribution in [3.05, 3.63) is 0 Å². The van der Waals surface area contributed by atoms with Crippen LogP contribution in [-0.2, 0) is 4.74 Å². The van der Waals surface area contributed by atoms with Gasteiger partial charge >= 0.3 is 0 Å². The maximum Gasteiger partial charge on any atom is 0.0833 e. The molecule has 1 saturated carbocycles. The van der Waals surface area contributed by atoms with Gasteiger partial charge in [0.05, 0.1) is 5.60 Å². The first-order valence-electron chi connectivity index (χ1n) is 6.92. The van der Waals surface area contributed by atoms with Gasteiger partial charge in [-0.2, -0.15) is 0 Å². The van der Waals surface area contributed by atoms with Crippen molar-refractivity contribution in [1.82, 2.24) is 5.32 Å². The predicted molar refractivity (Wildman–Crippen MR) is 69.7 cm³/mol. The molecule has 96 valence electrons. The molecule has 0 radical (unpaired) electrons. The summed E-state index contributed by atoms with van der Waals surface area (Å²) >= 11 is 0. The Kier molecular flexibility index (Phi) is 5.77. The summed E-state index contributed by atoms with van der Waals surface area (Å²) in [4.78, 5) is 0. The molecule has 1 rings (SSSR count). The molecule has 16 heavy (non-hydrogen) atoms. The summed E-state index contributed by atoms with van der Waals surface area (Å²) in [5, 5.41) is 3.52. The van der Waals surface area contributed by atoms with E-state index in [0.717, 1.165) is 0 Å². The van der Waals surface area contributed by atoms with E-state index >= 15 is 0 Å². The van der Waals surface area contributed by atoms with Crippen molar-refractivity contribution in [1.29, 1.82) is 0 Å². The van der Waals surface area contributed by atoms with Crippen LogP contribution >= 0.6 is 0 Å². The molecule has 1 N–H and O–H groups in total. The highest BCUT2D eigenvalue weighted by Gasteiger charge is 2.40. The van der Waals surface area contributed by atoms with E-state index in [1.807, 2.05) is 7.11 Å². The standard InChI is InChI=1S/C14H29NO/c1-5-12(2)13(15-3)14(16-4)10-8-6-7-9-11-14/h12-13,15H,5-11H2,1-4H3. The first-order valence-corrected chi connectivity index (χ1v) is 6.92. The maximum atomic E-state index is 5.97. The van der Waals surface area contributed by atoms with E-state index in [-0.39, 0.29) is 5.60 Å². The molecule has 2 atom stereocenters. The second-order valence-electron chi connectivity index (χ2n) is 5.33. The SMILES string of the molecule is CCC(C)C(NC)C1(OC)CCCCCC1. The lowest BCUT2D eigenvalue weighted by Crippen LogP contribution is -2.54. The molecule has 0 aromatic carbocycles.